The fraction of sp³-hybridized carbons (Fsp3) is 0.407. The van der Waals surface area contributed by atoms with E-state index in [1.165, 1.54) is 19.2 Å². The van der Waals surface area contributed by atoms with E-state index < -0.39 is 41.9 Å². The average molecular weight is 539 g/mol. The molecule has 0 unspecified atom stereocenters. The summed E-state index contributed by atoms with van der Waals surface area (Å²) >= 11 is 0. The van der Waals surface area contributed by atoms with Gasteiger partial charge in [0.05, 0.1) is 12.6 Å². The fourth-order valence-corrected chi connectivity index (χ4v) is 5.46. The SMILES string of the molecule is CNC(=O)Nc1ccc2c(c1)COC[C@@]21OC(=O)N(CC(=O)N2Cc3cc(F)ccc3OC[C@H]2C2CC2)C1=O. The Morgan fingerprint density at radius 2 is 1.95 bits per heavy atom. The van der Waals surface area contributed by atoms with Crippen molar-refractivity contribution in [1.29, 1.82) is 0 Å². The molecule has 4 aliphatic rings. The van der Waals surface area contributed by atoms with Crippen LogP contribution in [0.4, 0.5) is 19.7 Å². The van der Waals surface area contributed by atoms with Gasteiger partial charge in [0.1, 0.15) is 31.3 Å². The summed E-state index contributed by atoms with van der Waals surface area (Å²) in [4.78, 5) is 54.4. The Morgan fingerprint density at radius 3 is 2.72 bits per heavy atom. The molecule has 5 amide bonds. The van der Waals surface area contributed by atoms with Crippen LogP contribution in [0, 0.1) is 11.7 Å². The van der Waals surface area contributed by atoms with Crippen molar-refractivity contribution < 1.29 is 37.8 Å². The van der Waals surface area contributed by atoms with Crippen molar-refractivity contribution in [2.45, 2.75) is 37.6 Å². The molecule has 2 N–H and O–H groups in total. The van der Waals surface area contributed by atoms with E-state index in [1.54, 1.807) is 29.2 Å². The van der Waals surface area contributed by atoms with Gasteiger partial charge in [-0.05, 0) is 54.7 Å². The molecule has 12 heteroatoms. The van der Waals surface area contributed by atoms with E-state index in [4.69, 9.17) is 14.2 Å². The number of benzene rings is 2. The molecule has 1 spiro atoms. The van der Waals surface area contributed by atoms with Crippen LogP contribution < -0.4 is 15.4 Å². The van der Waals surface area contributed by atoms with E-state index >= 15 is 0 Å². The van der Waals surface area contributed by atoms with E-state index in [-0.39, 0.29) is 38.3 Å². The van der Waals surface area contributed by atoms with Crippen LogP contribution in [0.25, 0.3) is 0 Å². The van der Waals surface area contributed by atoms with Crippen molar-refractivity contribution in [2.24, 2.45) is 5.92 Å². The number of amides is 5. The number of rotatable bonds is 4. The second-order valence-corrected chi connectivity index (χ2v) is 10.1. The molecule has 2 atom stereocenters. The maximum atomic E-state index is 14.0. The molecule has 3 aliphatic heterocycles. The molecule has 0 radical (unpaired) electrons. The maximum absolute atomic E-state index is 14.0. The molecule has 11 nitrogen and oxygen atoms in total. The number of ether oxygens (including phenoxy) is 3. The van der Waals surface area contributed by atoms with Gasteiger partial charge in [-0.3, -0.25) is 9.59 Å². The lowest BCUT2D eigenvalue weighted by Gasteiger charge is -2.32. The van der Waals surface area contributed by atoms with Crippen molar-refractivity contribution in [3.8, 4) is 5.75 Å². The number of nitrogens with zero attached hydrogens (tertiary/aromatic N) is 2. The summed E-state index contributed by atoms with van der Waals surface area (Å²) in [5, 5.41) is 5.11. The van der Waals surface area contributed by atoms with E-state index in [2.05, 4.69) is 10.6 Å². The Balaban J connectivity index is 1.25. The number of imide groups is 1. The molecule has 1 saturated heterocycles. The molecule has 2 aromatic rings. The van der Waals surface area contributed by atoms with Crippen LogP contribution >= 0.6 is 0 Å². The third-order valence-electron chi connectivity index (χ3n) is 7.61. The number of carbonyl (C=O) groups excluding carboxylic acids is 4. The highest BCUT2D eigenvalue weighted by molar-refractivity contribution is 6.06. The molecular formula is C27H27FN4O7. The lowest BCUT2D eigenvalue weighted by Crippen LogP contribution is -2.50. The summed E-state index contributed by atoms with van der Waals surface area (Å²) in [6, 6.07) is 8.37. The number of fused-ring (bicyclic) bond motifs is 3. The number of halogens is 1. The molecule has 39 heavy (non-hydrogen) atoms. The van der Waals surface area contributed by atoms with Crippen LogP contribution in [-0.2, 0) is 37.8 Å². The van der Waals surface area contributed by atoms with Gasteiger partial charge in [0, 0.05) is 30.4 Å². The van der Waals surface area contributed by atoms with E-state index in [0.717, 1.165) is 17.7 Å². The molecule has 204 valence electrons. The highest BCUT2D eigenvalue weighted by Gasteiger charge is 2.58. The summed E-state index contributed by atoms with van der Waals surface area (Å²) in [6.45, 7) is -0.240. The molecule has 2 aromatic carbocycles. The van der Waals surface area contributed by atoms with Gasteiger partial charge in [-0.15, -0.1) is 0 Å². The Kier molecular flexibility index (Phi) is 6.13. The number of nitrogens with one attached hydrogen (secondary N) is 2. The van der Waals surface area contributed by atoms with Crippen LogP contribution in [0.1, 0.15) is 29.5 Å². The minimum atomic E-state index is -1.73. The van der Waals surface area contributed by atoms with Crippen molar-refractivity contribution in [3.63, 3.8) is 0 Å². The minimum Gasteiger partial charge on any atom is -0.491 e. The molecule has 0 bridgehead atoms. The molecule has 0 aromatic heterocycles. The second kappa shape index (κ2) is 9.53. The molecule has 1 aliphatic carbocycles. The number of carbonyl (C=O) groups is 4. The topological polar surface area (TPSA) is 127 Å². The summed E-state index contributed by atoms with van der Waals surface area (Å²) < 4.78 is 31.1. The quantitative estimate of drug-likeness (QED) is 0.613. The predicted molar refractivity (Wildman–Crippen MR) is 133 cm³/mol. The lowest BCUT2D eigenvalue weighted by molar-refractivity contribution is -0.148. The van der Waals surface area contributed by atoms with Gasteiger partial charge >= 0.3 is 12.1 Å². The molecular weight excluding hydrogens is 511 g/mol. The number of hydrogen-bond acceptors (Lipinski definition) is 7. The Hall–Kier alpha value is -4.19. The van der Waals surface area contributed by atoms with Crippen LogP contribution in [-0.4, -0.2) is 66.6 Å². The van der Waals surface area contributed by atoms with Crippen LogP contribution in [0.15, 0.2) is 36.4 Å². The maximum Gasteiger partial charge on any atom is 0.418 e. The minimum absolute atomic E-state index is 0.0996. The predicted octanol–water partition coefficient (Wildman–Crippen LogP) is 2.48. The summed E-state index contributed by atoms with van der Waals surface area (Å²) in [5.74, 6) is -0.864. The zero-order valence-corrected chi connectivity index (χ0v) is 21.2. The number of anilines is 1. The van der Waals surface area contributed by atoms with E-state index in [9.17, 15) is 23.6 Å². The zero-order chi connectivity index (χ0) is 27.3. The van der Waals surface area contributed by atoms with Crippen molar-refractivity contribution in [1.82, 2.24) is 15.1 Å². The van der Waals surface area contributed by atoms with Gasteiger partial charge in [-0.2, -0.15) is 0 Å². The second-order valence-electron chi connectivity index (χ2n) is 10.1. The smallest absolute Gasteiger partial charge is 0.418 e. The third-order valence-corrected chi connectivity index (χ3v) is 7.61. The third kappa shape index (κ3) is 4.44. The van der Waals surface area contributed by atoms with Crippen molar-refractivity contribution in [2.75, 3.05) is 32.1 Å². The zero-order valence-electron chi connectivity index (χ0n) is 21.2. The van der Waals surface area contributed by atoms with Gasteiger partial charge in [-0.25, -0.2) is 18.9 Å². The molecule has 1 saturated carbocycles. The van der Waals surface area contributed by atoms with Gasteiger partial charge in [0.2, 0.25) is 11.5 Å². The van der Waals surface area contributed by atoms with E-state index in [0.29, 0.717) is 28.1 Å². The van der Waals surface area contributed by atoms with Gasteiger partial charge in [-0.1, -0.05) is 6.07 Å². The van der Waals surface area contributed by atoms with Crippen LogP contribution in [0.5, 0.6) is 5.75 Å². The van der Waals surface area contributed by atoms with Gasteiger partial charge in [0.25, 0.3) is 5.91 Å². The largest absolute Gasteiger partial charge is 0.491 e. The van der Waals surface area contributed by atoms with Crippen LogP contribution in [0.3, 0.4) is 0 Å². The van der Waals surface area contributed by atoms with Crippen LogP contribution in [0.2, 0.25) is 0 Å². The normalized spacial score (nSPS) is 23.9. The monoisotopic (exact) mass is 538 g/mol. The molecule has 6 rings (SSSR count). The standard InChI is InChI=1S/C27H27FN4O7/c1-29-25(35)30-19-5-6-20-17(9-19)12-37-14-27(20)24(34)32(26(36)39-27)11-23(33)31-10-16-8-18(28)4-7-22(16)38-13-21(31)15-2-3-15/h4-9,15,21H,2-3,10-14H2,1H3,(H2,29,30,35)/t21-,27+/m0/s1. The summed E-state index contributed by atoms with van der Waals surface area (Å²) in [5.41, 5.74) is 0.275. The first-order valence-corrected chi connectivity index (χ1v) is 12.7. The Labute approximate surface area is 223 Å². The lowest BCUT2D eigenvalue weighted by atomic mass is 9.87. The van der Waals surface area contributed by atoms with E-state index in [1.807, 2.05) is 0 Å². The first-order chi connectivity index (χ1) is 18.8. The highest BCUT2D eigenvalue weighted by Crippen LogP contribution is 2.42. The van der Waals surface area contributed by atoms with Gasteiger partial charge < -0.3 is 29.7 Å². The summed E-state index contributed by atoms with van der Waals surface area (Å²) in [7, 11) is 1.49. The Bertz CT molecular complexity index is 1380. The van der Waals surface area contributed by atoms with Crippen molar-refractivity contribution in [3.05, 3.63) is 58.9 Å². The number of urea groups is 1. The average Bonchev–Trinajstić information content (AvgIpc) is 3.74. The first kappa shape index (κ1) is 25.1. The fourth-order valence-electron chi connectivity index (χ4n) is 5.46. The first-order valence-electron chi connectivity index (χ1n) is 12.7. The van der Waals surface area contributed by atoms with Gasteiger partial charge in [0.15, 0.2) is 0 Å². The number of hydrogen-bond donors (Lipinski definition) is 2. The highest BCUT2D eigenvalue weighted by atomic mass is 19.1. The molecule has 2 fully saturated rings. The Morgan fingerprint density at radius 1 is 1.13 bits per heavy atom. The summed E-state index contributed by atoms with van der Waals surface area (Å²) in [6.07, 6.45) is 0.917. The molecule has 3 heterocycles. The van der Waals surface area contributed by atoms with Crippen molar-refractivity contribution >= 4 is 29.6 Å².